The molecule has 0 bridgehead atoms. The Morgan fingerprint density at radius 2 is 1.93 bits per heavy atom. The van der Waals surface area contributed by atoms with Gasteiger partial charge in [-0.25, -0.2) is 0 Å². The summed E-state index contributed by atoms with van der Waals surface area (Å²) in [6.07, 6.45) is 0.877. The van der Waals surface area contributed by atoms with Crippen molar-refractivity contribution in [2.45, 2.75) is 6.92 Å². The summed E-state index contributed by atoms with van der Waals surface area (Å²) in [7, 11) is 0. The molecule has 0 saturated carbocycles. The van der Waals surface area contributed by atoms with Crippen LogP contribution in [0, 0.1) is 6.92 Å². The SMILES string of the molecule is Cc1cccc(/C=C/[B-](F)(F)F)c1O. The number of aryl methyl sites for hydroxylation is 1. The maximum absolute atomic E-state index is 11.9. The fourth-order valence-electron chi connectivity index (χ4n) is 1.03. The van der Waals surface area contributed by atoms with Gasteiger partial charge in [0, 0.05) is 5.56 Å². The molecule has 0 aliphatic rings. The monoisotopic (exact) mass is 201 g/mol. The number of para-hydroxylation sites is 1. The summed E-state index contributed by atoms with van der Waals surface area (Å²) in [5.74, 6) is 0.0536. The number of phenolic OH excluding ortho intramolecular Hbond substituents is 1. The molecule has 0 radical (unpaired) electrons. The van der Waals surface area contributed by atoms with Gasteiger partial charge in [-0.15, -0.1) is 5.98 Å². The maximum Gasteiger partial charge on any atom is 0.502 e. The van der Waals surface area contributed by atoms with Crippen LogP contribution in [0.15, 0.2) is 24.2 Å². The fourth-order valence-corrected chi connectivity index (χ4v) is 1.03. The average Bonchev–Trinajstić information content (AvgIpc) is 2.06. The molecule has 14 heavy (non-hydrogen) atoms. The van der Waals surface area contributed by atoms with Crippen LogP contribution in [0.4, 0.5) is 12.9 Å². The number of rotatable bonds is 2. The molecule has 1 nitrogen and oxygen atoms in total. The first-order valence-electron chi connectivity index (χ1n) is 4.08. The Balaban J connectivity index is 2.98. The highest BCUT2D eigenvalue weighted by atomic mass is 19.4. The molecule has 0 aliphatic carbocycles. The minimum atomic E-state index is -4.95. The van der Waals surface area contributed by atoms with Crippen molar-refractivity contribution in [1.82, 2.24) is 0 Å². The van der Waals surface area contributed by atoms with Gasteiger partial charge in [0.05, 0.1) is 0 Å². The Labute approximate surface area is 79.9 Å². The molecule has 0 aromatic heterocycles. The Morgan fingerprint density at radius 3 is 2.50 bits per heavy atom. The van der Waals surface area contributed by atoms with E-state index >= 15 is 0 Å². The van der Waals surface area contributed by atoms with Crippen molar-refractivity contribution in [3.8, 4) is 5.75 Å². The van der Waals surface area contributed by atoms with Gasteiger partial charge in [0.2, 0.25) is 0 Å². The molecule has 76 valence electrons. The predicted octanol–water partition coefficient (Wildman–Crippen LogP) is 3.10. The molecule has 0 saturated heterocycles. The Hall–Kier alpha value is -1.39. The summed E-state index contributed by atoms with van der Waals surface area (Å²) in [6, 6.07) is 4.66. The molecule has 1 aromatic carbocycles. The predicted molar refractivity (Wildman–Crippen MR) is 51.0 cm³/mol. The standard InChI is InChI=1S/C9H9BF3O/c1-7-3-2-4-8(9(7)14)5-6-10(11,12)13/h2-6,14H,1H3/q-1/b6-5+. The van der Waals surface area contributed by atoms with E-state index in [4.69, 9.17) is 0 Å². The van der Waals surface area contributed by atoms with E-state index in [1.54, 1.807) is 19.1 Å². The molecule has 1 rings (SSSR count). The summed E-state index contributed by atoms with van der Waals surface area (Å²) in [4.78, 5) is 0. The quantitative estimate of drug-likeness (QED) is 0.728. The van der Waals surface area contributed by atoms with Crippen molar-refractivity contribution in [3.63, 3.8) is 0 Å². The van der Waals surface area contributed by atoms with Crippen LogP contribution < -0.4 is 0 Å². The Kier molecular flexibility index (Phi) is 2.89. The van der Waals surface area contributed by atoms with E-state index in [9.17, 15) is 18.1 Å². The second-order valence-corrected chi connectivity index (χ2v) is 3.00. The smallest absolute Gasteiger partial charge is 0.502 e. The third-order valence-electron chi connectivity index (χ3n) is 1.76. The lowest BCUT2D eigenvalue weighted by Gasteiger charge is -2.07. The highest BCUT2D eigenvalue weighted by Gasteiger charge is 2.17. The Bertz CT molecular complexity index is 358. The number of benzene rings is 1. The highest BCUT2D eigenvalue weighted by Crippen LogP contribution is 2.23. The van der Waals surface area contributed by atoms with E-state index in [-0.39, 0.29) is 17.3 Å². The van der Waals surface area contributed by atoms with Gasteiger partial charge < -0.3 is 18.1 Å². The lowest BCUT2D eigenvalue weighted by molar-refractivity contribution is 0.470. The maximum atomic E-state index is 11.9. The van der Waals surface area contributed by atoms with Crippen LogP contribution in [0.1, 0.15) is 11.1 Å². The van der Waals surface area contributed by atoms with Crippen molar-refractivity contribution < 1.29 is 18.1 Å². The summed E-state index contributed by atoms with van der Waals surface area (Å²) in [6.45, 7) is -3.32. The van der Waals surface area contributed by atoms with Gasteiger partial charge in [-0.1, -0.05) is 24.3 Å². The highest BCUT2D eigenvalue weighted by molar-refractivity contribution is 6.64. The molecule has 0 heterocycles. The van der Waals surface area contributed by atoms with Crippen LogP contribution >= 0.6 is 0 Å². The summed E-state index contributed by atoms with van der Waals surface area (Å²) in [5.41, 5.74) is 0.742. The van der Waals surface area contributed by atoms with Crippen LogP contribution in [-0.2, 0) is 0 Å². The largest absolute Gasteiger partial charge is 0.507 e. The normalized spacial score (nSPS) is 12.3. The molecule has 0 spiro atoms. The van der Waals surface area contributed by atoms with Gasteiger partial charge in [-0.3, -0.25) is 0 Å². The first-order chi connectivity index (χ1) is 6.40. The van der Waals surface area contributed by atoms with Crippen molar-refractivity contribution in [2.75, 3.05) is 0 Å². The molecule has 0 atom stereocenters. The molecular formula is C9H9BF3O-. The zero-order valence-electron chi connectivity index (χ0n) is 7.55. The number of hydrogen-bond donors (Lipinski definition) is 1. The number of halogens is 3. The minimum absolute atomic E-state index is 0.108. The first-order valence-corrected chi connectivity index (χ1v) is 4.08. The van der Waals surface area contributed by atoms with Gasteiger partial charge in [-0.2, -0.15) is 0 Å². The molecule has 0 fully saturated rings. The Morgan fingerprint density at radius 1 is 1.29 bits per heavy atom. The number of hydrogen-bond acceptors (Lipinski definition) is 1. The van der Waals surface area contributed by atoms with Gasteiger partial charge in [0.1, 0.15) is 5.75 Å². The molecular weight excluding hydrogens is 192 g/mol. The molecule has 0 amide bonds. The van der Waals surface area contributed by atoms with Crippen molar-refractivity contribution >= 4 is 13.1 Å². The van der Waals surface area contributed by atoms with E-state index in [1.807, 2.05) is 0 Å². The van der Waals surface area contributed by atoms with Gasteiger partial charge in [-0.05, 0) is 12.5 Å². The van der Waals surface area contributed by atoms with Gasteiger partial charge >= 0.3 is 6.98 Å². The zero-order chi connectivity index (χ0) is 10.8. The average molecular weight is 201 g/mol. The molecule has 0 aliphatic heterocycles. The van der Waals surface area contributed by atoms with E-state index in [1.165, 1.54) is 6.07 Å². The van der Waals surface area contributed by atoms with E-state index in [0.717, 1.165) is 6.08 Å². The van der Waals surface area contributed by atoms with Gasteiger partial charge in [0.25, 0.3) is 0 Å². The lowest BCUT2D eigenvalue weighted by atomic mass is 9.90. The van der Waals surface area contributed by atoms with Crippen molar-refractivity contribution in [2.24, 2.45) is 0 Å². The molecule has 1 aromatic rings. The second kappa shape index (κ2) is 3.78. The van der Waals surface area contributed by atoms with E-state index in [0.29, 0.717) is 5.56 Å². The van der Waals surface area contributed by atoms with Crippen molar-refractivity contribution in [1.29, 1.82) is 0 Å². The van der Waals surface area contributed by atoms with Crippen LogP contribution in [0.25, 0.3) is 6.08 Å². The third kappa shape index (κ3) is 2.83. The first kappa shape index (κ1) is 10.7. The molecule has 5 heteroatoms. The van der Waals surface area contributed by atoms with Crippen LogP contribution in [0.5, 0.6) is 5.75 Å². The summed E-state index contributed by atoms with van der Waals surface area (Å²) >= 11 is 0. The summed E-state index contributed by atoms with van der Waals surface area (Å²) in [5, 5.41) is 9.38. The number of phenols is 1. The van der Waals surface area contributed by atoms with Crippen molar-refractivity contribution in [3.05, 3.63) is 35.3 Å². The van der Waals surface area contributed by atoms with Crippen LogP contribution in [0.2, 0.25) is 0 Å². The minimum Gasteiger partial charge on any atom is -0.507 e. The van der Waals surface area contributed by atoms with E-state index < -0.39 is 6.98 Å². The van der Waals surface area contributed by atoms with E-state index in [2.05, 4.69) is 0 Å². The fraction of sp³-hybridized carbons (Fsp3) is 0.111. The molecule has 1 N–H and O–H groups in total. The lowest BCUT2D eigenvalue weighted by Crippen LogP contribution is -2.09. The molecule has 0 unspecified atom stereocenters. The van der Waals surface area contributed by atoms with Gasteiger partial charge in [0.15, 0.2) is 0 Å². The zero-order valence-corrected chi connectivity index (χ0v) is 7.55. The summed E-state index contributed by atoms with van der Waals surface area (Å²) < 4.78 is 35.6. The second-order valence-electron chi connectivity index (χ2n) is 3.00. The third-order valence-corrected chi connectivity index (χ3v) is 1.76. The number of aromatic hydroxyl groups is 1. The topological polar surface area (TPSA) is 20.2 Å². The van der Waals surface area contributed by atoms with Crippen LogP contribution in [0.3, 0.4) is 0 Å². The van der Waals surface area contributed by atoms with Crippen LogP contribution in [-0.4, -0.2) is 12.1 Å².